The fourth-order valence-electron chi connectivity index (χ4n) is 3.95. The van der Waals surface area contributed by atoms with Gasteiger partial charge in [0.25, 0.3) is 0 Å². The summed E-state index contributed by atoms with van der Waals surface area (Å²) in [6.45, 7) is 5.55. The summed E-state index contributed by atoms with van der Waals surface area (Å²) in [6.07, 6.45) is 8.78. The Labute approximate surface area is 155 Å². The van der Waals surface area contributed by atoms with Crippen molar-refractivity contribution in [2.24, 2.45) is 0 Å². The fourth-order valence-corrected chi connectivity index (χ4v) is 5.11. The van der Waals surface area contributed by atoms with Gasteiger partial charge in [0.15, 0.2) is 0 Å². The molecule has 1 aromatic carbocycles. The fraction of sp³-hybridized carbons (Fsp3) is 0.571. The molecule has 3 nitrogen and oxygen atoms in total. The highest BCUT2D eigenvalue weighted by atomic mass is 32.1. The molecule has 2 heterocycles. The Morgan fingerprint density at radius 3 is 2.76 bits per heavy atom. The maximum Gasteiger partial charge on any atom is 0.123 e. The van der Waals surface area contributed by atoms with Crippen molar-refractivity contribution in [2.75, 3.05) is 19.7 Å². The third-order valence-corrected chi connectivity index (χ3v) is 6.70. The summed E-state index contributed by atoms with van der Waals surface area (Å²) in [5, 5.41) is 1.17. The molecule has 4 rings (SSSR count). The molecule has 0 bridgehead atoms. The number of likely N-dealkylation sites (tertiary alicyclic amines) is 1. The summed E-state index contributed by atoms with van der Waals surface area (Å²) >= 11 is 1.87. The molecule has 1 aliphatic carbocycles. The van der Waals surface area contributed by atoms with Gasteiger partial charge in [-0.15, -0.1) is 11.3 Å². The first-order chi connectivity index (χ1) is 12.3. The molecule has 0 N–H and O–H groups in total. The standard InChI is InChI=1S/C21H28N2OS/c1-16-6-4-13-23(16)14-5-15-24-18-11-9-17(10-12-18)21-22-19-7-2-3-8-20(19)25-21/h9-12,16H,2-8,13-15H2,1H3. The summed E-state index contributed by atoms with van der Waals surface area (Å²) in [4.78, 5) is 8.93. The van der Waals surface area contributed by atoms with Crippen molar-refractivity contribution in [3.63, 3.8) is 0 Å². The van der Waals surface area contributed by atoms with E-state index in [4.69, 9.17) is 9.72 Å². The Hall–Kier alpha value is -1.39. The van der Waals surface area contributed by atoms with Crippen molar-refractivity contribution in [1.29, 1.82) is 0 Å². The van der Waals surface area contributed by atoms with Gasteiger partial charge in [-0.05, 0) is 82.7 Å². The second-order valence-corrected chi connectivity index (χ2v) is 8.43. The van der Waals surface area contributed by atoms with Crippen molar-refractivity contribution >= 4 is 11.3 Å². The van der Waals surface area contributed by atoms with E-state index in [-0.39, 0.29) is 0 Å². The van der Waals surface area contributed by atoms with Crippen LogP contribution in [0.2, 0.25) is 0 Å². The zero-order valence-corrected chi connectivity index (χ0v) is 16.0. The minimum absolute atomic E-state index is 0.753. The number of nitrogens with zero attached hydrogens (tertiary/aromatic N) is 2. The highest BCUT2D eigenvalue weighted by molar-refractivity contribution is 7.15. The lowest BCUT2D eigenvalue weighted by molar-refractivity contribution is 0.230. The number of aromatic nitrogens is 1. The van der Waals surface area contributed by atoms with Crippen molar-refractivity contribution in [1.82, 2.24) is 9.88 Å². The minimum Gasteiger partial charge on any atom is -0.494 e. The molecule has 0 spiro atoms. The van der Waals surface area contributed by atoms with Crippen LogP contribution in [0.3, 0.4) is 0 Å². The largest absolute Gasteiger partial charge is 0.494 e. The number of hydrogen-bond acceptors (Lipinski definition) is 4. The van der Waals surface area contributed by atoms with Crippen molar-refractivity contribution < 1.29 is 4.74 Å². The van der Waals surface area contributed by atoms with E-state index in [1.54, 1.807) is 0 Å². The first-order valence-electron chi connectivity index (χ1n) is 9.75. The van der Waals surface area contributed by atoms with Crippen LogP contribution in [0, 0.1) is 0 Å². The van der Waals surface area contributed by atoms with Crippen molar-refractivity contribution in [3.8, 4) is 16.3 Å². The first-order valence-corrected chi connectivity index (χ1v) is 10.6. The lowest BCUT2D eigenvalue weighted by Crippen LogP contribution is -2.28. The van der Waals surface area contributed by atoms with Gasteiger partial charge in [-0.1, -0.05) is 0 Å². The SMILES string of the molecule is CC1CCCN1CCCOc1ccc(-c2nc3c(s2)CCCC3)cc1. The van der Waals surface area contributed by atoms with Crippen LogP contribution in [0.5, 0.6) is 5.75 Å². The molecule has 0 amide bonds. The van der Waals surface area contributed by atoms with E-state index in [9.17, 15) is 0 Å². The van der Waals surface area contributed by atoms with E-state index < -0.39 is 0 Å². The van der Waals surface area contributed by atoms with Gasteiger partial charge in [0, 0.05) is 23.0 Å². The maximum atomic E-state index is 5.93. The van der Waals surface area contributed by atoms with Gasteiger partial charge in [-0.25, -0.2) is 4.98 Å². The number of aryl methyl sites for hydroxylation is 2. The predicted molar refractivity (Wildman–Crippen MR) is 105 cm³/mol. The summed E-state index contributed by atoms with van der Waals surface area (Å²) in [7, 11) is 0. The van der Waals surface area contributed by atoms with Crippen LogP contribution >= 0.6 is 11.3 Å². The minimum atomic E-state index is 0.753. The van der Waals surface area contributed by atoms with Gasteiger partial charge in [0.2, 0.25) is 0 Å². The second-order valence-electron chi connectivity index (χ2n) is 7.35. The molecule has 1 unspecified atom stereocenters. The lowest BCUT2D eigenvalue weighted by Gasteiger charge is -2.20. The molecule has 1 aromatic heterocycles. The monoisotopic (exact) mass is 356 g/mol. The zero-order chi connectivity index (χ0) is 17.1. The van der Waals surface area contributed by atoms with Crippen LogP contribution in [0.25, 0.3) is 10.6 Å². The Morgan fingerprint density at radius 2 is 2.00 bits per heavy atom. The van der Waals surface area contributed by atoms with E-state index in [0.29, 0.717) is 0 Å². The van der Waals surface area contributed by atoms with Crippen LogP contribution < -0.4 is 4.74 Å². The first kappa shape index (κ1) is 17.0. The van der Waals surface area contributed by atoms with Gasteiger partial charge < -0.3 is 9.64 Å². The molecule has 25 heavy (non-hydrogen) atoms. The average Bonchev–Trinajstić information content (AvgIpc) is 3.25. The highest BCUT2D eigenvalue weighted by Gasteiger charge is 2.19. The third-order valence-electron chi connectivity index (χ3n) is 5.50. The third kappa shape index (κ3) is 4.06. The molecule has 1 saturated heterocycles. The van der Waals surface area contributed by atoms with Crippen LogP contribution in [0.15, 0.2) is 24.3 Å². The summed E-state index contributed by atoms with van der Waals surface area (Å²) in [5.41, 5.74) is 2.56. The van der Waals surface area contributed by atoms with Gasteiger partial charge in [-0.3, -0.25) is 0 Å². The molecular weight excluding hydrogens is 328 g/mol. The molecule has 0 radical (unpaired) electrons. The van der Waals surface area contributed by atoms with E-state index >= 15 is 0 Å². The van der Waals surface area contributed by atoms with Gasteiger partial charge in [-0.2, -0.15) is 0 Å². The smallest absolute Gasteiger partial charge is 0.123 e. The van der Waals surface area contributed by atoms with E-state index in [1.165, 1.54) is 59.8 Å². The van der Waals surface area contributed by atoms with Crippen molar-refractivity contribution in [3.05, 3.63) is 34.8 Å². The summed E-state index contributed by atoms with van der Waals surface area (Å²) in [6, 6.07) is 9.25. The summed E-state index contributed by atoms with van der Waals surface area (Å²) in [5.74, 6) is 0.972. The molecule has 1 atom stereocenters. The number of fused-ring (bicyclic) bond motifs is 1. The normalized spacial score (nSPS) is 20.6. The lowest BCUT2D eigenvalue weighted by atomic mass is 10.0. The Morgan fingerprint density at radius 1 is 1.16 bits per heavy atom. The molecule has 134 valence electrons. The molecule has 1 fully saturated rings. The number of rotatable bonds is 6. The molecule has 2 aromatic rings. The van der Waals surface area contributed by atoms with Gasteiger partial charge >= 0.3 is 0 Å². The number of benzene rings is 1. The topological polar surface area (TPSA) is 25.4 Å². The van der Waals surface area contributed by atoms with E-state index in [0.717, 1.165) is 37.8 Å². The summed E-state index contributed by atoms with van der Waals surface area (Å²) < 4.78 is 5.93. The van der Waals surface area contributed by atoms with Crippen LogP contribution in [-0.4, -0.2) is 35.6 Å². The molecular formula is C21H28N2OS. The van der Waals surface area contributed by atoms with Crippen LogP contribution in [0.1, 0.15) is 49.6 Å². The Balaban J connectivity index is 1.29. The molecule has 0 saturated carbocycles. The van der Waals surface area contributed by atoms with Gasteiger partial charge in [0.05, 0.1) is 12.3 Å². The van der Waals surface area contributed by atoms with Crippen LogP contribution in [0.4, 0.5) is 0 Å². The zero-order valence-electron chi connectivity index (χ0n) is 15.2. The molecule has 2 aliphatic rings. The number of ether oxygens (including phenoxy) is 1. The van der Waals surface area contributed by atoms with E-state index in [2.05, 4.69) is 36.1 Å². The average molecular weight is 357 g/mol. The van der Waals surface area contributed by atoms with Crippen LogP contribution in [-0.2, 0) is 12.8 Å². The Bertz CT molecular complexity index is 671. The molecule has 1 aliphatic heterocycles. The predicted octanol–water partition coefficient (Wildman–Crippen LogP) is 4.94. The molecule has 4 heteroatoms. The maximum absolute atomic E-state index is 5.93. The quantitative estimate of drug-likeness (QED) is 0.685. The number of thiazole rings is 1. The van der Waals surface area contributed by atoms with Gasteiger partial charge in [0.1, 0.15) is 10.8 Å². The van der Waals surface area contributed by atoms with Crippen molar-refractivity contribution in [2.45, 2.75) is 57.9 Å². The van der Waals surface area contributed by atoms with E-state index in [1.807, 2.05) is 11.3 Å². The number of hydrogen-bond donors (Lipinski definition) is 0. The second kappa shape index (κ2) is 7.88. The highest BCUT2D eigenvalue weighted by Crippen LogP contribution is 2.33. The Kier molecular flexibility index (Phi) is 5.37.